The zero-order valence-electron chi connectivity index (χ0n) is 21.5. The number of hydrogen-bond donors (Lipinski definition) is 2. The van der Waals surface area contributed by atoms with E-state index in [9.17, 15) is 9.59 Å². The Balaban J connectivity index is 1.63. The number of nitrogens with zero attached hydrogens (tertiary/aromatic N) is 3. The topological polar surface area (TPSA) is 87.9 Å². The highest BCUT2D eigenvalue weighted by Gasteiger charge is 2.37. The molecule has 1 aromatic carbocycles. The molecule has 0 atom stereocenters. The Morgan fingerprint density at radius 2 is 1.81 bits per heavy atom. The molecule has 3 rings (SSSR count). The minimum Gasteiger partial charge on any atom is -0.415 e. The van der Waals surface area contributed by atoms with Crippen LogP contribution in [0.3, 0.4) is 0 Å². The van der Waals surface area contributed by atoms with Gasteiger partial charge in [-0.05, 0) is 66.7 Å². The van der Waals surface area contributed by atoms with Crippen LogP contribution in [-0.4, -0.2) is 38.3 Å². The molecule has 0 spiro atoms. The van der Waals surface area contributed by atoms with Gasteiger partial charge in [0, 0.05) is 11.9 Å². The summed E-state index contributed by atoms with van der Waals surface area (Å²) < 4.78 is 6.69. The van der Waals surface area contributed by atoms with Crippen LogP contribution < -0.4 is 15.6 Å². The number of benzene rings is 1. The van der Waals surface area contributed by atoms with Crippen LogP contribution in [0.1, 0.15) is 40.8 Å². The van der Waals surface area contributed by atoms with E-state index in [1.165, 1.54) is 6.20 Å². The predicted octanol–water partition coefficient (Wildman–Crippen LogP) is 6.96. The van der Waals surface area contributed by atoms with Crippen molar-refractivity contribution in [2.75, 3.05) is 28.8 Å². The van der Waals surface area contributed by atoms with Gasteiger partial charge in [-0.3, -0.25) is 9.59 Å². The quantitative estimate of drug-likeness (QED) is 0.169. The number of amides is 2. The molecule has 0 bridgehead atoms. The number of aromatic nitrogens is 1. The van der Waals surface area contributed by atoms with E-state index in [0.29, 0.717) is 33.7 Å². The maximum Gasteiger partial charge on any atom is 0.266 e. The second kappa shape index (κ2) is 11.9. The first kappa shape index (κ1) is 28.3. The number of anilines is 3. The van der Waals surface area contributed by atoms with Crippen molar-refractivity contribution in [3.8, 4) is 0 Å². The lowest BCUT2D eigenvalue weighted by Crippen LogP contribution is -2.42. The highest BCUT2D eigenvalue weighted by molar-refractivity contribution is 7.18. The molecular formula is C26H30ClN5O3SSi. The lowest BCUT2D eigenvalue weighted by Gasteiger charge is -2.36. The largest absolute Gasteiger partial charge is 0.415 e. The van der Waals surface area contributed by atoms with Crippen LogP contribution in [0, 0.1) is 6.57 Å². The average molecular weight is 556 g/mol. The van der Waals surface area contributed by atoms with Gasteiger partial charge in [0.15, 0.2) is 8.32 Å². The van der Waals surface area contributed by atoms with Crippen LogP contribution in [0.2, 0.25) is 22.5 Å². The van der Waals surface area contributed by atoms with Crippen molar-refractivity contribution in [1.29, 1.82) is 0 Å². The van der Waals surface area contributed by atoms with E-state index < -0.39 is 20.1 Å². The van der Waals surface area contributed by atoms with Gasteiger partial charge in [-0.2, -0.15) is 11.5 Å². The molecule has 0 fully saturated rings. The van der Waals surface area contributed by atoms with Crippen LogP contribution in [0.5, 0.6) is 0 Å². The molecule has 37 heavy (non-hydrogen) atoms. The molecule has 3 aromatic rings. The fraction of sp³-hybridized carbons (Fsp3) is 0.308. The lowest BCUT2D eigenvalue weighted by atomic mass is 10.2. The Labute approximate surface area is 227 Å². The molecule has 2 heterocycles. The highest BCUT2D eigenvalue weighted by atomic mass is 35.5. The van der Waals surface area contributed by atoms with Crippen molar-refractivity contribution in [1.82, 2.24) is 4.98 Å². The van der Waals surface area contributed by atoms with Gasteiger partial charge in [-0.15, -0.1) is 11.3 Å². The highest BCUT2D eigenvalue weighted by Crippen LogP contribution is 2.36. The van der Waals surface area contributed by atoms with Gasteiger partial charge in [0.05, 0.1) is 21.4 Å². The van der Waals surface area contributed by atoms with Crippen LogP contribution >= 0.6 is 22.9 Å². The molecule has 194 valence electrons. The molecule has 0 saturated carbocycles. The molecular weight excluding hydrogens is 526 g/mol. The molecule has 0 radical (unpaired) electrons. The van der Waals surface area contributed by atoms with E-state index in [1.807, 2.05) is 0 Å². The van der Waals surface area contributed by atoms with Crippen molar-refractivity contribution in [2.24, 2.45) is 0 Å². The summed E-state index contributed by atoms with van der Waals surface area (Å²) >= 11 is 7.05. The summed E-state index contributed by atoms with van der Waals surface area (Å²) in [4.78, 5) is 33.6. The Morgan fingerprint density at radius 3 is 2.41 bits per heavy atom. The third kappa shape index (κ3) is 7.39. The number of halogens is 1. The number of nitrogens with one attached hydrogen (secondary N) is 2. The van der Waals surface area contributed by atoms with Crippen molar-refractivity contribution in [3.63, 3.8) is 0 Å². The van der Waals surface area contributed by atoms with Gasteiger partial charge in [0.1, 0.15) is 18.1 Å². The number of rotatable bonds is 9. The van der Waals surface area contributed by atoms with E-state index >= 15 is 0 Å². The summed E-state index contributed by atoms with van der Waals surface area (Å²) in [5.41, 5.74) is 1.46. The van der Waals surface area contributed by atoms with E-state index in [2.05, 4.69) is 54.4 Å². The standard InChI is InChI=1S/C26H30ClN5O3SSi/c1-26(2,3)37(5,6)35-17-16-32(28-4)19-11-9-18(10-12-19)30-24(33)20-8-7-15-29-23(20)31-25(34)21-13-14-22(27)36-21/h7-15H,16-17H2,1-3,5-6H3,(H,30,33)(H,29,31,34). The summed E-state index contributed by atoms with van der Waals surface area (Å²) in [6, 6.07) is 13.4. The van der Waals surface area contributed by atoms with Crippen LogP contribution in [-0.2, 0) is 4.43 Å². The average Bonchev–Trinajstić information content (AvgIpc) is 3.28. The minimum absolute atomic E-state index is 0.102. The SMILES string of the molecule is [C-]#[N+]N(CCO[Si](C)(C)C(C)(C)C)c1ccc(NC(=O)c2cccnc2NC(=O)c2ccc(Cl)s2)cc1. The number of pyridine rings is 1. The second-order valence-electron chi connectivity index (χ2n) is 9.79. The van der Waals surface area contributed by atoms with Gasteiger partial charge >= 0.3 is 0 Å². The first-order valence-corrected chi connectivity index (χ1v) is 15.7. The Hall–Kier alpha value is -3.23. The first-order chi connectivity index (χ1) is 17.4. The number of carbonyl (C=O) groups excluding carboxylic acids is 2. The third-order valence-electron chi connectivity index (χ3n) is 6.20. The molecule has 8 nitrogen and oxygen atoms in total. The van der Waals surface area contributed by atoms with Gasteiger partial charge in [-0.1, -0.05) is 37.4 Å². The van der Waals surface area contributed by atoms with Gasteiger partial charge < -0.3 is 15.1 Å². The monoisotopic (exact) mass is 555 g/mol. The Kier molecular flexibility index (Phi) is 9.10. The van der Waals surface area contributed by atoms with Crippen LogP contribution in [0.4, 0.5) is 17.2 Å². The van der Waals surface area contributed by atoms with E-state index in [0.717, 1.165) is 11.3 Å². The first-order valence-electron chi connectivity index (χ1n) is 11.6. The van der Waals surface area contributed by atoms with Crippen molar-refractivity contribution in [3.05, 3.63) is 81.0 Å². The number of thiophene rings is 1. The lowest BCUT2D eigenvalue weighted by molar-refractivity contribution is 0.102. The third-order valence-corrected chi connectivity index (χ3v) is 12.0. The Bertz CT molecular complexity index is 1300. The Morgan fingerprint density at radius 1 is 1.11 bits per heavy atom. The summed E-state index contributed by atoms with van der Waals surface area (Å²) in [5, 5.41) is 7.13. The van der Waals surface area contributed by atoms with Crippen molar-refractivity contribution < 1.29 is 14.0 Å². The van der Waals surface area contributed by atoms with E-state index in [-0.39, 0.29) is 16.4 Å². The molecule has 2 aromatic heterocycles. The molecule has 0 aliphatic rings. The van der Waals surface area contributed by atoms with Crippen LogP contribution in [0.25, 0.3) is 4.95 Å². The van der Waals surface area contributed by atoms with E-state index in [1.54, 1.807) is 53.5 Å². The van der Waals surface area contributed by atoms with Crippen molar-refractivity contribution in [2.45, 2.75) is 38.9 Å². The van der Waals surface area contributed by atoms with Gasteiger partial charge in [0.2, 0.25) is 0 Å². The molecule has 0 unspecified atom stereocenters. The van der Waals surface area contributed by atoms with Crippen LogP contribution in [0.15, 0.2) is 54.7 Å². The summed E-state index contributed by atoms with van der Waals surface area (Å²) in [7, 11) is -1.89. The normalized spacial score (nSPS) is 11.5. The second-order valence-corrected chi connectivity index (χ2v) is 16.3. The number of carbonyl (C=O) groups is 2. The fourth-order valence-electron chi connectivity index (χ4n) is 3.05. The smallest absolute Gasteiger partial charge is 0.266 e. The summed E-state index contributed by atoms with van der Waals surface area (Å²) in [5.74, 6) is -0.678. The van der Waals surface area contributed by atoms with Gasteiger partial charge in [0.25, 0.3) is 11.8 Å². The molecule has 2 N–H and O–H groups in total. The number of hydrogen-bond acceptors (Lipinski definition) is 6. The molecule has 0 saturated heterocycles. The van der Waals surface area contributed by atoms with Gasteiger partial charge in [-0.25, -0.2) is 4.98 Å². The molecule has 0 aliphatic heterocycles. The predicted molar refractivity (Wildman–Crippen MR) is 153 cm³/mol. The summed E-state index contributed by atoms with van der Waals surface area (Å²) in [6.07, 6.45) is 1.50. The molecule has 0 aliphatic carbocycles. The minimum atomic E-state index is -1.89. The maximum atomic E-state index is 13.0. The zero-order chi connectivity index (χ0) is 27.2. The fourth-order valence-corrected chi connectivity index (χ4v) is 5.02. The van der Waals surface area contributed by atoms with Crippen molar-refractivity contribution >= 4 is 60.3 Å². The van der Waals surface area contributed by atoms with E-state index in [4.69, 9.17) is 22.6 Å². The summed E-state index contributed by atoms with van der Waals surface area (Å²) in [6.45, 7) is 19.4. The molecule has 11 heteroatoms. The molecule has 2 amide bonds. The zero-order valence-corrected chi connectivity index (χ0v) is 24.0. The maximum absolute atomic E-state index is 13.0.